The van der Waals surface area contributed by atoms with Gasteiger partial charge in [0.2, 0.25) is 0 Å². The first kappa shape index (κ1) is 11.3. The van der Waals surface area contributed by atoms with Gasteiger partial charge in [0.15, 0.2) is 0 Å². The van der Waals surface area contributed by atoms with E-state index in [1.165, 1.54) is 18.5 Å². The van der Waals surface area contributed by atoms with Gasteiger partial charge in [0.1, 0.15) is 5.60 Å². The molecule has 1 aromatic heterocycles. The van der Waals surface area contributed by atoms with Gasteiger partial charge < -0.3 is 9.84 Å². The smallest absolute Gasteiger partial charge is 0.263 e. The van der Waals surface area contributed by atoms with E-state index in [0.717, 1.165) is 4.90 Å². The van der Waals surface area contributed by atoms with Crippen LogP contribution in [-0.2, 0) is 4.74 Å². The Hall–Kier alpha value is -1.79. The Morgan fingerprint density at radius 1 is 1.39 bits per heavy atom. The lowest BCUT2D eigenvalue weighted by molar-refractivity contribution is 0.00112. The predicted octanol–water partition coefficient (Wildman–Crippen LogP) is -0.171. The second-order valence-corrected chi connectivity index (χ2v) is 4.64. The highest BCUT2D eigenvalue weighted by Gasteiger charge is 2.42. The number of ether oxygens (including phenoxy) is 1. The molecule has 6 heteroatoms. The predicted molar refractivity (Wildman–Crippen MR) is 60.0 cm³/mol. The number of fused-ring (bicyclic) bond motifs is 1. The Morgan fingerprint density at radius 3 is 2.83 bits per heavy atom. The number of amides is 2. The van der Waals surface area contributed by atoms with Crippen LogP contribution in [0.3, 0.4) is 0 Å². The lowest BCUT2D eigenvalue weighted by atomic mass is 10.0. The Kier molecular flexibility index (Phi) is 2.42. The van der Waals surface area contributed by atoms with Gasteiger partial charge in [-0.25, -0.2) is 0 Å². The number of imide groups is 1. The minimum atomic E-state index is -1.12. The molecule has 94 valence electrons. The maximum Gasteiger partial charge on any atom is 0.263 e. The summed E-state index contributed by atoms with van der Waals surface area (Å²) >= 11 is 0. The molecule has 0 radical (unpaired) electrons. The van der Waals surface area contributed by atoms with Crippen molar-refractivity contribution >= 4 is 11.8 Å². The zero-order valence-corrected chi connectivity index (χ0v) is 9.63. The molecule has 3 heterocycles. The average molecular weight is 248 g/mol. The largest absolute Gasteiger partial charge is 0.386 e. The highest BCUT2D eigenvalue weighted by molar-refractivity contribution is 6.21. The molecular weight excluding hydrogens is 236 g/mol. The maximum absolute atomic E-state index is 12.1. The summed E-state index contributed by atoms with van der Waals surface area (Å²) in [6.07, 6.45) is 3.28. The van der Waals surface area contributed by atoms with Crippen molar-refractivity contribution in [3.8, 4) is 0 Å². The van der Waals surface area contributed by atoms with E-state index in [1.807, 2.05) is 0 Å². The first-order valence-electron chi connectivity index (χ1n) is 5.71. The van der Waals surface area contributed by atoms with Crippen LogP contribution in [0.2, 0.25) is 0 Å². The molecule has 2 aliphatic heterocycles. The number of carbonyl (C=O) groups excluding carboxylic acids is 2. The number of hydrogen-bond acceptors (Lipinski definition) is 5. The third-order valence-electron chi connectivity index (χ3n) is 3.31. The van der Waals surface area contributed by atoms with Crippen molar-refractivity contribution in [1.82, 2.24) is 9.88 Å². The quantitative estimate of drug-likeness (QED) is 0.735. The minimum Gasteiger partial charge on any atom is -0.386 e. The lowest BCUT2D eigenvalue weighted by Gasteiger charge is -2.25. The molecule has 2 aliphatic rings. The standard InChI is InChI=1S/C12H12N2O4/c15-10-8-1-3-13-5-9(8)11(16)14(10)6-12(17)2-4-18-7-12/h1,3,5,17H,2,4,6-7H2. The second-order valence-electron chi connectivity index (χ2n) is 4.64. The van der Waals surface area contributed by atoms with Gasteiger partial charge in [-0.1, -0.05) is 0 Å². The van der Waals surface area contributed by atoms with Crippen LogP contribution in [0.15, 0.2) is 18.5 Å². The van der Waals surface area contributed by atoms with E-state index in [4.69, 9.17) is 4.74 Å². The average Bonchev–Trinajstić information content (AvgIpc) is 2.89. The summed E-state index contributed by atoms with van der Waals surface area (Å²) in [6.45, 7) is 0.569. The third-order valence-corrected chi connectivity index (χ3v) is 3.31. The van der Waals surface area contributed by atoms with E-state index in [9.17, 15) is 14.7 Å². The van der Waals surface area contributed by atoms with Gasteiger partial charge in [-0.3, -0.25) is 19.5 Å². The first-order valence-corrected chi connectivity index (χ1v) is 5.71. The van der Waals surface area contributed by atoms with E-state index in [0.29, 0.717) is 24.2 Å². The van der Waals surface area contributed by atoms with Crippen LogP contribution < -0.4 is 0 Å². The number of nitrogens with zero attached hydrogens (tertiary/aromatic N) is 2. The van der Waals surface area contributed by atoms with Crippen molar-refractivity contribution in [2.45, 2.75) is 12.0 Å². The van der Waals surface area contributed by atoms with Gasteiger partial charge in [-0.05, 0) is 6.07 Å². The maximum atomic E-state index is 12.1. The van der Waals surface area contributed by atoms with E-state index in [2.05, 4.69) is 4.98 Å². The molecule has 1 atom stereocenters. The summed E-state index contributed by atoms with van der Waals surface area (Å²) in [7, 11) is 0. The normalized spacial score (nSPS) is 26.8. The summed E-state index contributed by atoms with van der Waals surface area (Å²) in [5.74, 6) is -0.777. The molecule has 0 spiro atoms. The zero-order valence-electron chi connectivity index (χ0n) is 9.63. The summed E-state index contributed by atoms with van der Waals surface area (Å²) in [4.78, 5) is 29.0. The lowest BCUT2D eigenvalue weighted by Crippen LogP contribution is -2.46. The van der Waals surface area contributed by atoms with Crippen molar-refractivity contribution in [2.75, 3.05) is 19.8 Å². The van der Waals surface area contributed by atoms with Crippen molar-refractivity contribution in [3.05, 3.63) is 29.6 Å². The van der Waals surface area contributed by atoms with Crippen molar-refractivity contribution in [2.24, 2.45) is 0 Å². The summed E-state index contributed by atoms with van der Waals surface area (Å²) < 4.78 is 5.11. The highest BCUT2D eigenvalue weighted by atomic mass is 16.5. The van der Waals surface area contributed by atoms with Crippen LogP contribution in [0.5, 0.6) is 0 Å². The number of rotatable bonds is 2. The number of hydrogen-bond donors (Lipinski definition) is 1. The summed E-state index contributed by atoms with van der Waals surface area (Å²) in [5, 5.41) is 10.2. The molecule has 3 rings (SSSR count). The molecule has 0 bridgehead atoms. The van der Waals surface area contributed by atoms with Gasteiger partial charge >= 0.3 is 0 Å². The molecule has 1 fully saturated rings. The number of aliphatic hydroxyl groups is 1. The van der Waals surface area contributed by atoms with Crippen LogP contribution in [0.4, 0.5) is 0 Å². The van der Waals surface area contributed by atoms with E-state index >= 15 is 0 Å². The van der Waals surface area contributed by atoms with Crippen LogP contribution in [0, 0.1) is 0 Å². The molecule has 1 aromatic rings. The van der Waals surface area contributed by atoms with Crippen molar-refractivity contribution < 1.29 is 19.4 Å². The Bertz CT molecular complexity index is 488. The van der Waals surface area contributed by atoms with E-state index in [-0.39, 0.29) is 19.1 Å². The van der Waals surface area contributed by atoms with Gasteiger partial charge in [0.05, 0.1) is 24.3 Å². The minimum absolute atomic E-state index is 0.0284. The second kappa shape index (κ2) is 3.86. The van der Waals surface area contributed by atoms with Gasteiger partial charge in [-0.15, -0.1) is 0 Å². The Balaban J connectivity index is 1.88. The first-order chi connectivity index (χ1) is 8.61. The fraction of sp³-hybridized carbons (Fsp3) is 0.417. The molecule has 1 N–H and O–H groups in total. The monoisotopic (exact) mass is 248 g/mol. The molecule has 0 aromatic carbocycles. The topological polar surface area (TPSA) is 79.7 Å². The van der Waals surface area contributed by atoms with Crippen LogP contribution in [-0.4, -0.2) is 52.2 Å². The number of carbonyl (C=O) groups is 2. The number of aromatic nitrogens is 1. The third kappa shape index (κ3) is 1.61. The summed E-state index contributed by atoms with van der Waals surface area (Å²) in [5.41, 5.74) is -0.483. The zero-order chi connectivity index (χ0) is 12.8. The Labute approximate surface area is 103 Å². The molecule has 1 saturated heterocycles. The molecule has 0 saturated carbocycles. The van der Waals surface area contributed by atoms with Gasteiger partial charge in [0, 0.05) is 25.4 Å². The number of pyridine rings is 1. The number of β-amino-alcohol motifs (C(OH)–C–C–N with tert-alkyl or cyclic N) is 1. The molecule has 6 nitrogen and oxygen atoms in total. The SMILES string of the molecule is O=C1c2ccncc2C(=O)N1CC1(O)CCOC1. The van der Waals surface area contributed by atoms with Crippen molar-refractivity contribution in [1.29, 1.82) is 0 Å². The van der Waals surface area contributed by atoms with Gasteiger partial charge in [0.25, 0.3) is 11.8 Å². The molecule has 1 unspecified atom stereocenters. The summed E-state index contributed by atoms with van der Waals surface area (Å²) in [6, 6.07) is 1.52. The van der Waals surface area contributed by atoms with Crippen LogP contribution in [0.25, 0.3) is 0 Å². The van der Waals surface area contributed by atoms with E-state index < -0.39 is 11.5 Å². The molecule has 0 aliphatic carbocycles. The fourth-order valence-corrected chi connectivity index (χ4v) is 2.29. The Morgan fingerprint density at radius 2 is 2.17 bits per heavy atom. The van der Waals surface area contributed by atoms with Gasteiger partial charge in [-0.2, -0.15) is 0 Å². The highest BCUT2D eigenvalue weighted by Crippen LogP contribution is 2.26. The van der Waals surface area contributed by atoms with Crippen molar-refractivity contribution in [3.63, 3.8) is 0 Å². The molecule has 2 amide bonds. The molecule has 18 heavy (non-hydrogen) atoms. The molecular formula is C12H12N2O4. The fourth-order valence-electron chi connectivity index (χ4n) is 2.29. The van der Waals surface area contributed by atoms with Crippen LogP contribution >= 0.6 is 0 Å². The van der Waals surface area contributed by atoms with E-state index in [1.54, 1.807) is 0 Å². The van der Waals surface area contributed by atoms with Crippen LogP contribution in [0.1, 0.15) is 27.1 Å².